The van der Waals surface area contributed by atoms with Crippen molar-refractivity contribution in [3.63, 3.8) is 0 Å². The molecule has 0 spiro atoms. The second-order valence-corrected chi connectivity index (χ2v) is 6.58. The maximum Gasteiger partial charge on any atom is 0.126 e. The minimum atomic E-state index is -0.147. The van der Waals surface area contributed by atoms with Crippen molar-refractivity contribution in [3.8, 4) is 0 Å². The molecule has 0 fully saturated rings. The second-order valence-electron chi connectivity index (χ2n) is 4.75. The molecule has 0 aliphatic carbocycles. The van der Waals surface area contributed by atoms with E-state index in [4.69, 9.17) is 0 Å². The van der Waals surface area contributed by atoms with Crippen molar-refractivity contribution in [3.05, 3.63) is 68.4 Å². The van der Waals surface area contributed by atoms with E-state index in [-0.39, 0.29) is 11.7 Å². The van der Waals surface area contributed by atoms with E-state index in [1.54, 1.807) is 6.07 Å². The topological polar surface area (TPSA) is 12.0 Å². The Morgan fingerprint density at radius 3 is 2.35 bits per heavy atom. The van der Waals surface area contributed by atoms with Crippen LogP contribution >= 0.6 is 31.9 Å². The van der Waals surface area contributed by atoms with Crippen molar-refractivity contribution in [1.82, 2.24) is 5.32 Å². The molecule has 0 bridgehead atoms. The van der Waals surface area contributed by atoms with Crippen LogP contribution < -0.4 is 5.32 Å². The van der Waals surface area contributed by atoms with Crippen molar-refractivity contribution in [2.75, 3.05) is 13.6 Å². The lowest BCUT2D eigenvalue weighted by Gasteiger charge is -2.18. The third kappa shape index (κ3) is 4.14. The van der Waals surface area contributed by atoms with Crippen LogP contribution in [0.5, 0.6) is 0 Å². The van der Waals surface area contributed by atoms with Crippen molar-refractivity contribution in [1.29, 1.82) is 0 Å². The van der Waals surface area contributed by atoms with Gasteiger partial charge < -0.3 is 5.32 Å². The summed E-state index contributed by atoms with van der Waals surface area (Å²) in [5, 5.41) is 3.19. The van der Waals surface area contributed by atoms with E-state index < -0.39 is 0 Å². The Kier molecular flexibility index (Phi) is 5.75. The lowest BCUT2D eigenvalue weighted by atomic mass is 9.92. The molecule has 2 rings (SSSR count). The first-order valence-corrected chi connectivity index (χ1v) is 8.02. The highest BCUT2D eigenvalue weighted by Crippen LogP contribution is 2.25. The molecule has 1 nitrogen and oxygen atoms in total. The summed E-state index contributed by atoms with van der Waals surface area (Å²) in [6.07, 6.45) is 0.674. The van der Waals surface area contributed by atoms with Gasteiger partial charge in [0.25, 0.3) is 0 Å². The minimum absolute atomic E-state index is 0.147. The first kappa shape index (κ1) is 15.7. The van der Waals surface area contributed by atoms with Crippen molar-refractivity contribution in [2.45, 2.75) is 12.3 Å². The van der Waals surface area contributed by atoms with E-state index in [0.717, 1.165) is 21.1 Å². The van der Waals surface area contributed by atoms with Crippen LogP contribution in [0.2, 0.25) is 0 Å². The third-order valence-electron chi connectivity index (χ3n) is 3.27. The third-order valence-corrected chi connectivity index (χ3v) is 4.29. The van der Waals surface area contributed by atoms with Crippen LogP contribution in [-0.4, -0.2) is 13.6 Å². The molecule has 0 amide bonds. The summed E-state index contributed by atoms with van der Waals surface area (Å²) in [4.78, 5) is 0. The lowest BCUT2D eigenvalue weighted by Crippen LogP contribution is -2.19. The fourth-order valence-corrected chi connectivity index (χ4v) is 2.93. The molecule has 4 heteroatoms. The molecule has 2 aromatic carbocycles. The van der Waals surface area contributed by atoms with Crippen molar-refractivity contribution < 1.29 is 4.39 Å². The van der Waals surface area contributed by atoms with Crippen LogP contribution in [0.4, 0.5) is 4.39 Å². The molecule has 0 saturated carbocycles. The van der Waals surface area contributed by atoms with E-state index >= 15 is 0 Å². The maximum atomic E-state index is 13.9. The molecule has 1 N–H and O–H groups in total. The molecule has 2 aromatic rings. The van der Waals surface area contributed by atoms with Gasteiger partial charge in [-0.15, -0.1) is 0 Å². The fraction of sp³-hybridized carbons (Fsp3) is 0.250. The quantitative estimate of drug-likeness (QED) is 0.752. The van der Waals surface area contributed by atoms with Crippen LogP contribution in [0.3, 0.4) is 0 Å². The van der Waals surface area contributed by atoms with Gasteiger partial charge in [0, 0.05) is 21.4 Å². The van der Waals surface area contributed by atoms with Gasteiger partial charge >= 0.3 is 0 Å². The number of hydrogen-bond donors (Lipinski definition) is 1. The number of nitrogens with one attached hydrogen (secondary N) is 1. The van der Waals surface area contributed by atoms with Gasteiger partial charge in [0.2, 0.25) is 0 Å². The Morgan fingerprint density at radius 2 is 1.70 bits per heavy atom. The molecule has 0 saturated heterocycles. The predicted molar refractivity (Wildman–Crippen MR) is 88.6 cm³/mol. The van der Waals surface area contributed by atoms with Gasteiger partial charge in [-0.1, -0.05) is 44.0 Å². The normalized spacial score (nSPS) is 12.4. The number of benzene rings is 2. The Hall–Kier alpha value is -0.710. The van der Waals surface area contributed by atoms with E-state index in [1.807, 2.05) is 25.2 Å². The van der Waals surface area contributed by atoms with E-state index in [2.05, 4.69) is 49.3 Å². The summed E-state index contributed by atoms with van der Waals surface area (Å²) in [6, 6.07) is 13.3. The van der Waals surface area contributed by atoms with Crippen LogP contribution in [-0.2, 0) is 6.42 Å². The average Bonchev–Trinajstić information content (AvgIpc) is 2.43. The van der Waals surface area contributed by atoms with Gasteiger partial charge in [-0.25, -0.2) is 4.39 Å². The number of likely N-dealkylation sites (N-methyl/N-ethyl adjacent to an activating group) is 1. The molecule has 0 aliphatic rings. The molecule has 0 aromatic heterocycles. The summed E-state index contributed by atoms with van der Waals surface area (Å²) in [6.45, 7) is 0.813. The highest BCUT2D eigenvalue weighted by molar-refractivity contribution is 9.10. The average molecular weight is 401 g/mol. The smallest absolute Gasteiger partial charge is 0.126 e. The largest absolute Gasteiger partial charge is 0.319 e. The van der Waals surface area contributed by atoms with Gasteiger partial charge in [0.05, 0.1) is 0 Å². The molecule has 0 aliphatic heterocycles. The standard InChI is InChI=1S/C16H16Br2FN/c1-20-10-13(11-2-4-14(17)5-3-11)8-12-9-15(18)6-7-16(12)19/h2-7,9,13,20H,8,10H2,1H3. The van der Waals surface area contributed by atoms with Gasteiger partial charge in [0.1, 0.15) is 5.82 Å². The van der Waals surface area contributed by atoms with E-state index in [1.165, 1.54) is 11.6 Å². The monoisotopic (exact) mass is 399 g/mol. The maximum absolute atomic E-state index is 13.9. The van der Waals surface area contributed by atoms with Gasteiger partial charge in [-0.3, -0.25) is 0 Å². The Balaban J connectivity index is 2.25. The fourth-order valence-electron chi connectivity index (χ4n) is 2.25. The minimum Gasteiger partial charge on any atom is -0.319 e. The highest BCUT2D eigenvalue weighted by atomic mass is 79.9. The Morgan fingerprint density at radius 1 is 1.05 bits per heavy atom. The van der Waals surface area contributed by atoms with Crippen molar-refractivity contribution >= 4 is 31.9 Å². The van der Waals surface area contributed by atoms with Crippen LogP contribution in [0.15, 0.2) is 51.4 Å². The molecular formula is C16H16Br2FN. The van der Waals surface area contributed by atoms with Gasteiger partial charge in [0.15, 0.2) is 0 Å². The first-order chi connectivity index (χ1) is 9.60. The summed E-state index contributed by atoms with van der Waals surface area (Å²) in [5.74, 6) is 0.100. The summed E-state index contributed by atoms with van der Waals surface area (Å²) >= 11 is 6.84. The summed E-state index contributed by atoms with van der Waals surface area (Å²) in [7, 11) is 1.92. The van der Waals surface area contributed by atoms with E-state index in [0.29, 0.717) is 6.42 Å². The zero-order chi connectivity index (χ0) is 14.5. The molecule has 0 radical (unpaired) electrons. The zero-order valence-corrected chi connectivity index (χ0v) is 14.3. The SMILES string of the molecule is CNCC(Cc1cc(Br)ccc1F)c1ccc(Br)cc1. The predicted octanol–water partition coefficient (Wildman–Crippen LogP) is 4.90. The summed E-state index contributed by atoms with van der Waals surface area (Å²) in [5.41, 5.74) is 1.95. The molecule has 106 valence electrons. The Bertz CT molecular complexity index is 569. The number of halogens is 3. The second kappa shape index (κ2) is 7.34. The van der Waals surface area contributed by atoms with E-state index in [9.17, 15) is 4.39 Å². The molecule has 1 atom stereocenters. The summed E-state index contributed by atoms with van der Waals surface area (Å²) < 4.78 is 15.9. The van der Waals surface area contributed by atoms with Crippen LogP contribution in [0.1, 0.15) is 17.0 Å². The number of hydrogen-bond acceptors (Lipinski definition) is 1. The van der Waals surface area contributed by atoms with Crippen LogP contribution in [0.25, 0.3) is 0 Å². The van der Waals surface area contributed by atoms with Gasteiger partial charge in [-0.05, 0) is 54.9 Å². The molecular weight excluding hydrogens is 385 g/mol. The molecule has 0 heterocycles. The number of rotatable bonds is 5. The van der Waals surface area contributed by atoms with Crippen LogP contribution in [0, 0.1) is 5.82 Å². The van der Waals surface area contributed by atoms with Gasteiger partial charge in [-0.2, -0.15) is 0 Å². The molecule has 20 heavy (non-hydrogen) atoms. The van der Waals surface area contributed by atoms with Crippen molar-refractivity contribution in [2.24, 2.45) is 0 Å². The zero-order valence-electron chi connectivity index (χ0n) is 11.2. The highest BCUT2D eigenvalue weighted by Gasteiger charge is 2.14. The molecule has 1 unspecified atom stereocenters. The first-order valence-electron chi connectivity index (χ1n) is 6.44. The lowest BCUT2D eigenvalue weighted by molar-refractivity contribution is 0.574. The Labute approximate surface area is 135 Å².